The van der Waals surface area contributed by atoms with Crippen molar-refractivity contribution in [2.45, 2.75) is 59.4 Å². The highest BCUT2D eigenvalue weighted by molar-refractivity contribution is 5.46. The fourth-order valence-electron chi connectivity index (χ4n) is 2.80. The van der Waals surface area contributed by atoms with Gasteiger partial charge in [-0.05, 0) is 38.5 Å². The van der Waals surface area contributed by atoms with Crippen LogP contribution in [-0.2, 0) is 0 Å². The summed E-state index contributed by atoms with van der Waals surface area (Å²) in [5.41, 5.74) is 1.04. The van der Waals surface area contributed by atoms with Gasteiger partial charge in [-0.25, -0.2) is 4.98 Å². The smallest absolute Gasteiger partial charge is 0.224 e. The Labute approximate surface area is 123 Å². The molecule has 0 aliphatic carbocycles. The molecule has 0 amide bonds. The van der Waals surface area contributed by atoms with Crippen LogP contribution in [0, 0.1) is 12.8 Å². The van der Waals surface area contributed by atoms with Gasteiger partial charge in [-0.1, -0.05) is 20.8 Å². The summed E-state index contributed by atoms with van der Waals surface area (Å²) in [5.74, 6) is 2.46. The zero-order valence-corrected chi connectivity index (χ0v) is 13.3. The molecule has 1 aliphatic heterocycles. The summed E-state index contributed by atoms with van der Waals surface area (Å²) in [5, 5.41) is 3.35. The molecule has 2 rings (SSSR count). The van der Waals surface area contributed by atoms with Gasteiger partial charge in [0.25, 0.3) is 0 Å². The van der Waals surface area contributed by atoms with E-state index in [4.69, 9.17) is 4.98 Å². The topological polar surface area (TPSA) is 41.1 Å². The molecule has 1 aromatic rings. The summed E-state index contributed by atoms with van der Waals surface area (Å²) in [6.07, 6.45) is 5.10. The number of piperidine rings is 1. The largest absolute Gasteiger partial charge is 0.354 e. The Kier molecular flexibility index (Phi) is 5.21. The van der Waals surface area contributed by atoms with E-state index in [0.29, 0.717) is 12.0 Å². The number of rotatable bonds is 5. The highest BCUT2D eigenvalue weighted by Crippen LogP contribution is 2.26. The van der Waals surface area contributed by atoms with E-state index in [0.717, 1.165) is 30.5 Å². The second-order valence-electron chi connectivity index (χ2n) is 6.22. The van der Waals surface area contributed by atoms with Gasteiger partial charge in [0, 0.05) is 30.9 Å². The predicted molar refractivity (Wildman–Crippen MR) is 85.4 cm³/mol. The average Bonchev–Trinajstić information content (AvgIpc) is 2.44. The molecule has 0 saturated carbocycles. The van der Waals surface area contributed by atoms with Crippen molar-refractivity contribution in [2.24, 2.45) is 5.92 Å². The fourth-order valence-corrected chi connectivity index (χ4v) is 2.80. The lowest BCUT2D eigenvalue weighted by Crippen LogP contribution is -2.39. The molecule has 1 saturated heterocycles. The summed E-state index contributed by atoms with van der Waals surface area (Å²) in [6, 6.07) is 2.75. The van der Waals surface area contributed by atoms with Gasteiger partial charge in [-0.15, -0.1) is 0 Å². The minimum absolute atomic E-state index is 0.598. The molecule has 0 bridgehead atoms. The number of aryl methyl sites for hydroxylation is 1. The van der Waals surface area contributed by atoms with Crippen molar-refractivity contribution in [3.8, 4) is 0 Å². The van der Waals surface area contributed by atoms with Crippen LogP contribution in [0.15, 0.2) is 6.07 Å². The first kappa shape index (κ1) is 15.1. The third-order valence-electron chi connectivity index (χ3n) is 3.90. The van der Waals surface area contributed by atoms with Crippen LogP contribution in [0.3, 0.4) is 0 Å². The van der Waals surface area contributed by atoms with E-state index in [1.54, 1.807) is 0 Å². The third-order valence-corrected chi connectivity index (χ3v) is 3.90. The number of hydrogen-bond donors (Lipinski definition) is 1. The molecule has 1 fully saturated rings. The van der Waals surface area contributed by atoms with E-state index >= 15 is 0 Å². The van der Waals surface area contributed by atoms with Gasteiger partial charge >= 0.3 is 0 Å². The van der Waals surface area contributed by atoms with Crippen LogP contribution < -0.4 is 10.2 Å². The molecule has 4 heteroatoms. The number of nitrogens with one attached hydrogen (secondary N) is 1. The summed E-state index contributed by atoms with van der Waals surface area (Å²) >= 11 is 0. The highest BCUT2D eigenvalue weighted by Gasteiger charge is 2.22. The number of aromatic nitrogens is 2. The molecule has 2 heterocycles. The molecular formula is C16H28N4. The summed E-state index contributed by atoms with van der Waals surface area (Å²) < 4.78 is 0. The molecule has 1 N–H and O–H groups in total. The van der Waals surface area contributed by atoms with Gasteiger partial charge in [0.1, 0.15) is 5.82 Å². The van der Waals surface area contributed by atoms with Crippen LogP contribution >= 0.6 is 0 Å². The first-order valence-corrected chi connectivity index (χ1v) is 7.96. The maximum Gasteiger partial charge on any atom is 0.224 e. The lowest BCUT2D eigenvalue weighted by Gasteiger charge is -2.36. The summed E-state index contributed by atoms with van der Waals surface area (Å²) in [6.45, 7) is 10.8. The minimum atomic E-state index is 0.598. The van der Waals surface area contributed by atoms with Crippen LogP contribution in [0.1, 0.15) is 52.1 Å². The molecule has 112 valence electrons. The van der Waals surface area contributed by atoms with Gasteiger partial charge in [-0.2, -0.15) is 4.98 Å². The van der Waals surface area contributed by atoms with Crippen LogP contribution in [0.5, 0.6) is 0 Å². The second kappa shape index (κ2) is 6.91. The highest BCUT2D eigenvalue weighted by atomic mass is 15.2. The molecule has 0 aromatic carbocycles. The first-order chi connectivity index (χ1) is 9.60. The molecule has 1 atom stereocenters. The van der Waals surface area contributed by atoms with Gasteiger partial charge in [0.15, 0.2) is 0 Å². The zero-order chi connectivity index (χ0) is 14.5. The predicted octanol–water partition coefficient (Wildman–Crippen LogP) is 3.62. The molecule has 1 unspecified atom stereocenters. The van der Waals surface area contributed by atoms with E-state index in [2.05, 4.69) is 49.0 Å². The maximum absolute atomic E-state index is 4.73. The summed E-state index contributed by atoms with van der Waals surface area (Å²) in [4.78, 5) is 11.7. The van der Waals surface area contributed by atoms with Crippen molar-refractivity contribution in [3.05, 3.63) is 11.8 Å². The van der Waals surface area contributed by atoms with Crippen molar-refractivity contribution < 1.29 is 0 Å². The van der Waals surface area contributed by atoms with Crippen molar-refractivity contribution in [1.29, 1.82) is 0 Å². The Morgan fingerprint density at radius 3 is 2.85 bits per heavy atom. The zero-order valence-electron chi connectivity index (χ0n) is 13.3. The van der Waals surface area contributed by atoms with E-state index in [1.165, 1.54) is 25.7 Å². The van der Waals surface area contributed by atoms with E-state index < -0.39 is 0 Å². The van der Waals surface area contributed by atoms with Gasteiger partial charge < -0.3 is 10.2 Å². The molecular weight excluding hydrogens is 248 g/mol. The average molecular weight is 276 g/mol. The van der Waals surface area contributed by atoms with Crippen LogP contribution in [-0.4, -0.2) is 29.1 Å². The van der Waals surface area contributed by atoms with E-state index in [9.17, 15) is 0 Å². The lowest BCUT2D eigenvalue weighted by atomic mass is 10.00. The van der Waals surface area contributed by atoms with Crippen LogP contribution in [0.25, 0.3) is 0 Å². The summed E-state index contributed by atoms with van der Waals surface area (Å²) in [7, 11) is 0. The van der Waals surface area contributed by atoms with Crippen molar-refractivity contribution in [2.75, 3.05) is 23.3 Å². The third kappa shape index (κ3) is 3.84. The monoisotopic (exact) mass is 276 g/mol. The van der Waals surface area contributed by atoms with Crippen molar-refractivity contribution >= 4 is 11.8 Å². The molecule has 1 aromatic heterocycles. The standard InChI is InChI=1S/C16H28N4/c1-5-14-8-6-7-9-20(14)15-10-13(4)18-16(19-15)17-11-12(2)3/h10,12,14H,5-9,11H2,1-4H3,(H,17,18,19). The Morgan fingerprint density at radius 2 is 2.15 bits per heavy atom. The number of anilines is 2. The SMILES string of the molecule is CCC1CCCCN1c1cc(C)nc(NCC(C)C)n1. The Hall–Kier alpha value is -1.32. The first-order valence-electron chi connectivity index (χ1n) is 7.96. The van der Waals surface area contributed by atoms with Crippen LogP contribution in [0.2, 0.25) is 0 Å². The second-order valence-corrected chi connectivity index (χ2v) is 6.22. The van der Waals surface area contributed by atoms with Crippen molar-refractivity contribution in [3.63, 3.8) is 0 Å². The van der Waals surface area contributed by atoms with Crippen LogP contribution in [0.4, 0.5) is 11.8 Å². The normalized spacial score (nSPS) is 19.4. The quantitative estimate of drug-likeness (QED) is 0.891. The Balaban J connectivity index is 2.17. The van der Waals surface area contributed by atoms with Gasteiger partial charge in [0.2, 0.25) is 5.95 Å². The van der Waals surface area contributed by atoms with E-state index in [1.807, 2.05) is 0 Å². The molecule has 4 nitrogen and oxygen atoms in total. The van der Waals surface area contributed by atoms with E-state index in [-0.39, 0.29) is 0 Å². The lowest BCUT2D eigenvalue weighted by molar-refractivity contribution is 0.446. The fraction of sp³-hybridized carbons (Fsp3) is 0.750. The van der Waals surface area contributed by atoms with Gasteiger partial charge in [-0.3, -0.25) is 0 Å². The number of nitrogens with zero attached hydrogens (tertiary/aromatic N) is 3. The van der Waals surface area contributed by atoms with Crippen molar-refractivity contribution in [1.82, 2.24) is 9.97 Å². The molecule has 1 aliphatic rings. The maximum atomic E-state index is 4.73. The molecule has 20 heavy (non-hydrogen) atoms. The van der Waals surface area contributed by atoms with Gasteiger partial charge in [0.05, 0.1) is 0 Å². The Morgan fingerprint density at radius 1 is 1.35 bits per heavy atom. The minimum Gasteiger partial charge on any atom is -0.354 e. The Bertz CT molecular complexity index is 430. The number of hydrogen-bond acceptors (Lipinski definition) is 4. The molecule has 0 spiro atoms. The molecule has 0 radical (unpaired) electrons.